The second kappa shape index (κ2) is 5.12. The van der Waals surface area contributed by atoms with Crippen molar-refractivity contribution in [1.82, 2.24) is 0 Å². The molecule has 0 atom stereocenters. The van der Waals surface area contributed by atoms with Crippen molar-refractivity contribution >= 4 is 34.4 Å². The second-order valence-electron chi connectivity index (χ2n) is 2.52. The van der Waals surface area contributed by atoms with Crippen LogP contribution in [0.4, 0.5) is 0 Å². The zero-order valence-electron chi connectivity index (χ0n) is 7.43. The minimum Gasteiger partial charge on any atom is -0.125 e. The summed E-state index contributed by atoms with van der Waals surface area (Å²) in [4.78, 5) is 1.43. The number of rotatable bonds is 3. The van der Waals surface area contributed by atoms with Crippen LogP contribution in [0.5, 0.6) is 0 Å². The molecule has 12 heavy (non-hydrogen) atoms. The first-order valence-electron chi connectivity index (χ1n) is 4.19. The van der Waals surface area contributed by atoms with Crippen molar-refractivity contribution in [1.29, 1.82) is 0 Å². The van der Waals surface area contributed by atoms with Crippen LogP contribution in [0.1, 0.15) is 19.4 Å². The molecule has 0 spiro atoms. The maximum atomic E-state index is 2.44. The van der Waals surface area contributed by atoms with Gasteiger partial charge in [0.05, 0.1) is 0 Å². The quantitative estimate of drug-likeness (QED) is 0.600. The molecule has 0 N–H and O–H groups in total. The standard InChI is InChI=1S/C10H13IS/c1-3-8-6-5-7-9(10(8)11)12-4-2/h5-7H,3-4H2,1-2H3. The largest absolute Gasteiger partial charge is 0.125 e. The highest BCUT2D eigenvalue weighted by Gasteiger charge is 2.02. The van der Waals surface area contributed by atoms with Crippen molar-refractivity contribution in [2.45, 2.75) is 25.2 Å². The zero-order chi connectivity index (χ0) is 8.97. The number of hydrogen-bond donors (Lipinski definition) is 0. The molecule has 0 amide bonds. The molecule has 0 aliphatic rings. The van der Waals surface area contributed by atoms with Gasteiger partial charge >= 0.3 is 0 Å². The first-order chi connectivity index (χ1) is 5.79. The number of benzene rings is 1. The molecule has 0 heterocycles. The van der Waals surface area contributed by atoms with E-state index in [0.717, 1.165) is 12.2 Å². The second-order valence-corrected chi connectivity index (χ2v) is 4.90. The Morgan fingerprint density at radius 2 is 2.08 bits per heavy atom. The van der Waals surface area contributed by atoms with E-state index in [0.29, 0.717) is 0 Å². The molecule has 0 bridgehead atoms. The summed E-state index contributed by atoms with van der Waals surface area (Å²) in [6, 6.07) is 6.57. The maximum absolute atomic E-state index is 2.44. The third-order valence-electron chi connectivity index (χ3n) is 1.72. The van der Waals surface area contributed by atoms with E-state index in [1.807, 2.05) is 11.8 Å². The lowest BCUT2D eigenvalue weighted by Crippen LogP contribution is -1.88. The first kappa shape index (κ1) is 10.4. The van der Waals surface area contributed by atoms with Crippen LogP contribution in [0.3, 0.4) is 0 Å². The van der Waals surface area contributed by atoms with Gasteiger partial charge in [-0.15, -0.1) is 11.8 Å². The Balaban J connectivity index is 2.97. The summed E-state index contributed by atoms with van der Waals surface area (Å²) in [6.07, 6.45) is 1.14. The summed E-state index contributed by atoms with van der Waals surface area (Å²) in [5, 5.41) is 0. The molecule has 1 rings (SSSR count). The van der Waals surface area contributed by atoms with E-state index in [1.54, 1.807) is 0 Å². The lowest BCUT2D eigenvalue weighted by molar-refractivity contribution is 1.10. The summed E-state index contributed by atoms with van der Waals surface area (Å²) in [7, 11) is 0. The Hall–Kier alpha value is 0.300. The molecule has 0 aromatic heterocycles. The van der Waals surface area contributed by atoms with Crippen molar-refractivity contribution in [2.24, 2.45) is 0 Å². The van der Waals surface area contributed by atoms with E-state index in [4.69, 9.17) is 0 Å². The van der Waals surface area contributed by atoms with Gasteiger partial charge in [-0.25, -0.2) is 0 Å². The Bertz CT molecular complexity index is 258. The van der Waals surface area contributed by atoms with Gasteiger partial charge in [-0.1, -0.05) is 26.0 Å². The highest BCUT2D eigenvalue weighted by Crippen LogP contribution is 2.26. The third kappa shape index (κ3) is 2.39. The maximum Gasteiger partial charge on any atom is 0.0298 e. The Labute approximate surface area is 92.3 Å². The van der Waals surface area contributed by atoms with Crippen LogP contribution in [0.15, 0.2) is 23.1 Å². The van der Waals surface area contributed by atoms with E-state index >= 15 is 0 Å². The molecule has 66 valence electrons. The summed E-state index contributed by atoms with van der Waals surface area (Å²) >= 11 is 4.37. The minimum atomic E-state index is 1.14. The molecule has 0 aliphatic heterocycles. The van der Waals surface area contributed by atoms with Gasteiger partial charge in [0, 0.05) is 8.47 Å². The molecule has 2 heteroatoms. The van der Waals surface area contributed by atoms with Crippen LogP contribution in [0.25, 0.3) is 0 Å². The molecule has 1 aromatic rings. The van der Waals surface area contributed by atoms with E-state index in [1.165, 1.54) is 14.0 Å². The van der Waals surface area contributed by atoms with Crippen LogP contribution in [-0.2, 0) is 6.42 Å². The topological polar surface area (TPSA) is 0 Å². The smallest absolute Gasteiger partial charge is 0.0298 e. The fraction of sp³-hybridized carbons (Fsp3) is 0.400. The van der Waals surface area contributed by atoms with E-state index in [9.17, 15) is 0 Å². The zero-order valence-corrected chi connectivity index (χ0v) is 10.4. The van der Waals surface area contributed by atoms with Gasteiger partial charge in [0.2, 0.25) is 0 Å². The molecular formula is C10H13IS. The van der Waals surface area contributed by atoms with Gasteiger partial charge in [0.1, 0.15) is 0 Å². The van der Waals surface area contributed by atoms with Crippen LogP contribution in [-0.4, -0.2) is 5.75 Å². The number of hydrogen-bond acceptors (Lipinski definition) is 1. The monoisotopic (exact) mass is 292 g/mol. The molecule has 0 fully saturated rings. The first-order valence-corrected chi connectivity index (χ1v) is 6.26. The van der Waals surface area contributed by atoms with Crippen molar-refractivity contribution < 1.29 is 0 Å². The minimum absolute atomic E-state index is 1.14. The van der Waals surface area contributed by atoms with Crippen LogP contribution in [0, 0.1) is 3.57 Å². The van der Waals surface area contributed by atoms with E-state index < -0.39 is 0 Å². The predicted octanol–water partition coefficient (Wildman–Crippen LogP) is 3.97. The highest BCUT2D eigenvalue weighted by atomic mass is 127. The van der Waals surface area contributed by atoms with Gasteiger partial charge in [0.25, 0.3) is 0 Å². The lowest BCUT2D eigenvalue weighted by atomic mass is 10.2. The van der Waals surface area contributed by atoms with Crippen molar-refractivity contribution in [2.75, 3.05) is 5.75 Å². The van der Waals surface area contributed by atoms with Gasteiger partial charge in [0.15, 0.2) is 0 Å². The fourth-order valence-corrected chi connectivity index (χ4v) is 3.05. The molecular weight excluding hydrogens is 279 g/mol. The molecule has 0 radical (unpaired) electrons. The number of thioether (sulfide) groups is 1. The van der Waals surface area contributed by atoms with Crippen LogP contribution < -0.4 is 0 Å². The Morgan fingerprint density at radius 3 is 2.67 bits per heavy atom. The average molecular weight is 292 g/mol. The van der Waals surface area contributed by atoms with Gasteiger partial charge in [-0.3, -0.25) is 0 Å². The average Bonchev–Trinajstić information content (AvgIpc) is 2.09. The van der Waals surface area contributed by atoms with E-state index in [-0.39, 0.29) is 0 Å². The van der Waals surface area contributed by atoms with E-state index in [2.05, 4.69) is 54.6 Å². The molecule has 1 aromatic carbocycles. The van der Waals surface area contributed by atoms with Gasteiger partial charge in [-0.2, -0.15) is 0 Å². The van der Waals surface area contributed by atoms with Gasteiger partial charge in [-0.05, 0) is 46.4 Å². The van der Waals surface area contributed by atoms with Crippen molar-refractivity contribution in [3.63, 3.8) is 0 Å². The Kier molecular flexibility index (Phi) is 4.43. The lowest BCUT2D eigenvalue weighted by Gasteiger charge is -2.06. The summed E-state index contributed by atoms with van der Waals surface area (Å²) < 4.78 is 1.43. The SMILES string of the molecule is CCSc1cccc(CC)c1I. The predicted molar refractivity (Wildman–Crippen MR) is 64.9 cm³/mol. The van der Waals surface area contributed by atoms with Crippen molar-refractivity contribution in [3.05, 3.63) is 27.3 Å². The normalized spacial score (nSPS) is 10.2. The highest BCUT2D eigenvalue weighted by molar-refractivity contribution is 14.1. The van der Waals surface area contributed by atoms with Gasteiger partial charge < -0.3 is 0 Å². The Morgan fingerprint density at radius 1 is 1.33 bits per heavy atom. The van der Waals surface area contributed by atoms with Crippen LogP contribution in [0.2, 0.25) is 0 Å². The third-order valence-corrected chi connectivity index (χ3v) is 4.30. The summed E-state index contributed by atoms with van der Waals surface area (Å²) in [6.45, 7) is 4.40. The molecule has 0 saturated heterocycles. The van der Waals surface area contributed by atoms with Crippen molar-refractivity contribution in [3.8, 4) is 0 Å². The molecule has 0 saturated carbocycles. The molecule has 0 nitrogen and oxygen atoms in total. The van der Waals surface area contributed by atoms with Crippen LogP contribution >= 0.6 is 34.4 Å². The summed E-state index contributed by atoms with van der Waals surface area (Å²) in [5.41, 5.74) is 1.47. The number of halogens is 1. The molecule has 0 aliphatic carbocycles. The number of aryl methyl sites for hydroxylation is 1. The molecule has 0 unspecified atom stereocenters. The summed E-state index contributed by atoms with van der Waals surface area (Å²) in [5.74, 6) is 1.16. The fourth-order valence-electron chi connectivity index (χ4n) is 1.10.